The number of nitrogens with zero attached hydrogens (tertiary/aromatic N) is 4. The number of fused-ring (bicyclic) bond motifs is 2. The second-order valence-electron chi connectivity index (χ2n) is 14.9. The SMILES string of the molecule is CC(C)(C)OC(=O)N1c2ccccc2C[C@@H]1C(=O)N1[C@@H](C(=O)N2Cc3ccccc3C[C@@H]2C(=O)N2CCCC2C(=O)O)CC[C@H]1c1ccccc1. The van der Waals surface area contributed by atoms with Crippen LogP contribution in [0, 0.1) is 0 Å². The van der Waals surface area contributed by atoms with Crippen molar-refractivity contribution in [2.75, 3.05) is 11.4 Å². The number of amides is 4. The summed E-state index contributed by atoms with van der Waals surface area (Å²) in [5.74, 6) is -2.17. The number of hydrogen-bond acceptors (Lipinski definition) is 6. The van der Waals surface area contributed by atoms with E-state index in [1.54, 1.807) is 36.6 Å². The van der Waals surface area contributed by atoms with E-state index >= 15 is 9.59 Å². The van der Waals surface area contributed by atoms with Gasteiger partial charge in [-0.05, 0) is 74.8 Å². The van der Waals surface area contributed by atoms with Crippen LogP contribution in [0.4, 0.5) is 10.5 Å². The summed E-state index contributed by atoms with van der Waals surface area (Å²) in [5.41, 5.74) is 3.34. The van der Waals surface area contributed by atoms with Gasteiger partial charge in [0.2, 0.25) is 17.7 Å². The fourth-order valence-corrected chi connectivity index (χ4v) is 8.30. The number of carboxylic acid groups (broad SMARTS) is 1. The van der Waals surface area contributed by atoms with Crippen LogP contribution < -0.4 is 4.90 Å². The average molecular weight is 693 g/mol. The maximum atomic E-state index is 15.1. The number of carbonyl (C=O) groups is 5. The predicted octanol–water partition coefficient (Wildman–Crippen LogP) is 5.11. The molecule has 0 spiro atoms. The number of rotatable bonds is 5. The van der Waals surface area contributed by atoms with Crippen molar-refractivity contribution < 1.29 is 33.8 Å². The quantitative estimate of drug-likeness (QED) is 0.394. The van der Waals surface area contributed by atoms with Crippen LogP contribution in [-0.2, 0) is 43.3 Å². The molecule has 0 bridgehead atoms. The molecule has 0 radical (unpaired) electrons. The fourth-order valence-electron chi connectivity index (χ4n) is 8.30. The van der Waals surface area contributed by atoms with Crippen LogP contribution in [0.2, 0.25) is 0 Å². The molecule has 5 atom stereocenters. The first-order chi connectivity index (χ1) is 24.4. The highest BCUT2D eigenvalue weighted by molar-refractivity contribution is 6.02. The Bertz CT molecular complexity index is 1860. The van der Waals surface area contributed by atoms with E-state index in [4.69, 9.17) is 4.74 Å². The molecular weight excluding hydrogens is 648 g/mol. The Kier molecular flexibility index (Phi) is 9.07. The summed E-state index contributed by atoms with van der Waals surface area (Å²) in [7, 11) is 0. The molecule has 0 saturated carbocycles. The second kappa shape index (κ2) is 13.5. The highest BCUT2D eigenvalue weighted by atomic mass is 16.6. The largest absolute Gasteiger partial charge is 0.480 e. The minimum atomic E-state index is -1.06. The van der Waals surface area contributed by atoms with E-state index in [0.717, 1.165) is 22.3 Å². The number of anilines is 1. The Hall–Kier alpha value is -5.19. The zero-order valence-electron chi connectivity index (χ0n) is 29.2. The Balaban J connectivity index is 1.26. The van der Waals surface area contributed by atoms with E-state index in [-0.39, 0.29) is 37.1 Å². The van der Waals surface area contributed by atoms with Crippen LogP contribution in [0.15, 0.2) is 78.9 Å². The highest BCUT2D eigenvalue weighted by Gasteiger charge is 2.51. The predicted molar refractivity (Wildman–Crippen MR) is 189 cm³/mol. The molecule has 4 heterocycles. The molecule has 266 valence electrons. The molecule has 4 amide bonds. The number of likely N-dealkylation sites (tertiary alicyclic amines) is 2. The lowest BCUT2D eigenvalue weighted by Crippen LogP contribution is -2.60. The lowest BCUT2D eigenvalue weighted by atomic mass is 9.92. The summed E-state index contributed by atoms with van der Waals surface area (Å²) in [6.45, 7) is 5.80. The van der Waals surface area contributed by atoms with Crippen molar-refractivity contribution in [3.63, 3.8) is 0 Å². The summed E-state index contributed by atoms with van der Waals surface area (Å²) in [4.78, 5) is 76.3. The van der Waals surface area contributed by atoms with Gasteiger partial charge < -0.3 is 24.5 Å². The van der Waals surface area contributed by atoms with E-state index in [2.05, 4.69) is 0 Å². The molecule has 1 N–H and O–H groups in total. The maximum Gasteiger partial charge on any atom is 0.415 e. The molecule has 3 aromatic carbocycles. The van der Waals surface area contributed by atoms with E-state index in [1.807, 2.05) is 72.8 Å². The Morgan fingerprint density at radius 2 is 1.29 bits per heavy atom. The molecule has 0 aromatic heterocycles. The average Bonchev–Trinajstić information content (AvgIpc) is 3.87. The van der Waals surface area contributed by atoms with Crippen LogP contribution in [0.25, 0.3) is 0 Å². The molecule has 3 aromatic rings. The Morgan fingerprint density at radius 1 is 0.667 bits per heavy atom. The van der Waals surface area contributed by atoms with Crippen LogP contribution in [0.1, 0.15) is 74.8 Å². The molecule has 7 rings (SSSR count). The standard InChI is InChI=1S/C40H44N4O7/c1-40(2,3)51-39(50)44-29-17-10-9-15-27(29)23-34(44)37(47)43-30(25-12-5-4-6-13-25)19-20-31(43)35(45)42-24-28-16-8-7-14-26(28)22-33(42)36(46)41-21-11-18-32(41)38(48)49/h4-10,12-17,30-34H,11,18-24H2,1-3H3,(H,48,49)/t30-,31+,32?,33+,34+/m0/s1. The molecule has 2 fully saturated rings. The molecule has 4 aliphatic heterocycles. The van der Waals surface area contributed by atoms with Gasteiger partial charge in [0.15, 0.2) is 0 Å². The number of carboxylic acids is 1. The summed E-state index contributed by atoms with van der Waals surface area (Å²) >= 11 is 0. The third-order valence-corrected chi connectivity index (χ3v) is 10.6. The van der Waals surface area contributed by atoms with E-state index in [0.29, 0.717) is 37.9 Å². The first-order valence-electron chi connectivity index (χ1n) is 17.8. The van der Waals surface area contributed by atoms with Crippen molar-refractivity contribution in [1.29, 1.82) is 0 Å². The molecular formula is C40H44N4O7. The molecule has 0 aliphatic carbocycles. The fraction of sp³-hybridized carbons (Fsp3) is 0.425. The van der Waals surface area contributed by atoms with Gasteiger partial charge in [0.25, 0.3) is 0 Å². The second-order valence-corrected chi connectivity index (χ2v) is 14.9. The molecule has 1 unspecified atom stereocenters. The zero-order chi connectivity index (χ0) is 36.0. The number of hydrogen-bond donors (Lipinski definition) is 1. The van der Waals surface area contributed by atoms with Gasteiger partial charge in [0, 0.05) is 25.9 Å². The monoisotopic (exact) mass is 692 g/mol. The minimum Gasteiger partial charge on any atom is -0.480 e. The van der Waals surface area contributed by atoms with Gasteiger partial charge in [-0.3, -0.25) is 19.3 Å². The molecule has 11 heteroatoms. The first-order valence-corrected chi connectivity index (χ1v) is 17.8. The molecule has 51 heavy (non-hydrogen) atoms. The smallest absolute Gasteiger partial charge is 0.415 e. The summed E-state index contributed by atoms with van der Waals surface area (Å²) in [5, 5.41) is 9.91. The molecule has 2 saturated heterocycles. The van der Waals surface area contributed by atoms with Crippen molar-refractivity contribution in [2.24, 2.45) is 0 Å². The van der Waals surface area contributed by atoms with Crippen LogP contribution in [0.3, 0.4) is 0 Å². The Labute approximate surface area is 297 Å². The number of benzene rings is 3. The number of aliphatic carboxylic acids is 1. The van der Waals surface area contributed by atoms with Gasteiger partial charge >= 0.3 is 12.1 Å². The van der Waals surface area contributed by atoms with Gasteiger partial charge in [0.05, 0.1) is 11.7 Å². The maximum absolute atomic E-state index is 15.1. The number of para-hydroxylation sites is 1. The van der Waals surface area contributed by atoms with E-state index in [1.165, 1.54) is 9.80 Å². The summed E-state index contributed by atoms with van der Waals surface area (Å²) < 4.78 is 5.81. The van der Waals surface area contributed by atoms with Crippen molar-refractivity contribution in [3.8, 4) is 0 Å². The number of carbonyl (C=O) groups excluding carboxylic acids is 4. The third-order valence-electron chi connectivity index (χ3n) is 10.6. The topological polar surface area (TPSA) is 128 Å². The lowest BCUT2D eigenvalue weighted by molar-refractivity contribution is -0.156. The normalized spacial score (nSPS) is 24.3. The van der Waals surface area contributed by atoms with Gasteiger partial charge in [-0.15, -0.1) is 0 Å². The molecule has 4 aliphatic rings. The van der Waals surface area contributed by atoms with Crippen molar-refractivity contribution in [1.82, 2.24) is 14.7 Å². The number of ether oxygens (including phenoxy) is 1. The van der Waals surface area contributed by atoms with Crippen LogP contribution in [0.5, 0.6) is 0 Å². The van der Waals surface area contributed by atoms with Crippen LogP contribution in [-0.4, -0.2) is 85.9 Å². The van der Waals surface area contributed by atoms with E-state index < -0.39 is 47.9 Å². The third kappa shape index (κ3) is 6.45. The zero-order valence-corrected chi connectivity index (χ0v) is 29.2. The highest BCUT2D eigenvalue weighted by Crippen LogP contribution is 2.42. The van der Waals surface area contributed by atoms with Gasteiger partial charge in [-0.25, -0.2) is 9.59 Å². The van der Waals surface area contributed by atoms with E-state index in [9.17, 15) is 19.5 Å². The minimum absolute atomic E-state index is 0.157. The van der Waals surface area contributed by atoms with Gasteiger partial charge in [-0.1, -0.05) is 72.8 Å². The molecule has 11 nitrogen and oxygen atoms in total. The summed E-state index contributed by atoms with van der Waals surface area (Å²) in [6.07, 6.45) is 1.67. The Morgan fingerprint density at radius 3 is 2.00 bits per heavy atom. The van der Waals surface area contributed by atoms with Crippen molar-refractivity contribution in [2.45, 2.75) is 102 Å². The van der Waals surface area contributed by atoms with Crippen molar-refractivity contribution >= 4 is 35.5 Å². The lowest BCUT2D eigenvalue weighted by Gasteiger charge is -2.42. The van der Waals surface area contributed by atoms with Gasteiger partial charge in [-0.2, -0.15) is 0 Å². The van der Waals surface area contributed by atoms with Gasteiger partial charge in [0.1, 0.15) is 29.8 Å². The van der Waals surface area contributed by atoms with Crippen LogP contribution >= 0.6 is 0 Å². The summed E-state index contributed by atoms with van der Waals surface area (Å²) in [6, 6.07) is 20.5. The van der Waals surface area contributed by atoms with Crippen molar-refractivity contribution in [3.05, 3.63) is 101 Å². The first kappa shape index (κ1) is 34.3.